The Labute approximate surface area is 131 Å². The van der Waals surface area contributed by atoms with Gasteiger partial charge in [0.25, 0.3) is 0 Å². The van der Waals surface area contributed by atoms with Crippen molar-refractivity contribution >= 4 is 33.3 Å². The quantitative estimate of drug-likeness (QED) is 0.381. The van der Waals surface area contributed by atoms with Gasteiger partial charge >= 0.3 is 0 Å². The molecule has 2 N–H and O–H groups in total. The molecule has 0 heterocycles. The number of ketones is 1. The molecule has 0 unspecified atom stereocenters. The molecule has 0 saturated heterocycles. The Hall–Kier alpha value is -0.200. The molecular weight excluding hydrogens is 292 g/mol. The Morgan fingerprint density at radius 3 is 2.10 bits per heavy atom. The third kappa shape index (κ3) is 15.9. The number of carbonyl (C=O) groups is 2. The number of Topliss-reactive ketones (excluding diaryl/α,β-unsaturated/α-hetero) is 1. The number of rotatable bonds is 14. The Kier molecular flexibility index (Phi) is 15.0. The third-order valence-corrected chi connectivity index (χ3v) is 5.12. The second-order valence-corrected chi connectivity index (χ2v) is 7.42. The maximum Gasteiger partial charge on any atom is 0.220 e. The van der Waals surface area contributed by atoms with E-state index in [0.717, 1.165) is 31.0 Å². The van der Waals surface area contributed by atoms with Crippen molar-refractivity contribution in [1.82, 2.24) is 10.6 Å². The van der Waals surface area contributed by atoms with E-state index < -0.39 is 0 Å². The molecule has 0 bridgehead atoms. The number of carbonyl (C=O) groups excluding carboxylic acids is 2. The number of nitrogens with one attached hydrogen (secondary N) is 2. The van der Waals surface area contributed by atoms with E-state index in [2.05, 4.69) is 10.6 Å². The van der Waals surface area contributed by atoms with E-state index in [1.165, 1.54) is 19.3 Å². The average molecular weight is 321 g/mol. The van der Waals surface area contributed by atoms with E-state index in [1.54, 1.807) is 28.5 Å². The predicted molar refractivity (Wildman–Crippen MR) is 90.2 cm³/mol. The SMILES string of the molecule is CNCCCCCCNC(=O)CCSSCCC(C)=O. The Balaban J connectivity index is 3.19. The molecule has 118 valence electrons. The summed E-state index contributed by atoms with van der Waals surface area (Å²) in [5.74, 6) is 2.02. The van der Waals surface area contributed by atoms with Gasteiger partial charge in [0.2, 0.25) is 5.91 Å². The third-order valence-electron chi connectivity index (χ3n) is 2.71. The summed E-state index contributed by atoms with van der Waals surface area (Å²) in [7, 11) is 5.31. The van der Waals surface area contributed by atoms with Crippen molar-refractivity contribution in [2.75, 3.05) is 31.6 Å². The molecule has 0 saturated carbocycles. The average Bonchev–Trinajstić information content (AvgIpc) is 2.41. The first-order chi connectivity index (χ1) is 9.66. The highest BCUT2D eigenvalue weighted by Gasteiger charge is 2.01. The van der Waals surface area contributed by atoms with E-state index in [9.17, 15) is 9.59 Å². The zero-order chi connectivity index (χ0) is 15.1. The fourth-order valence-electron chi connectivity index (χ4n) is 1.53. The number of hydrogen-bond donors (Lipinski definition) is 2. The largest absolute Gasteiger partial charge is 0.356 e. The van der Waals surface area contributed by atoms with Crippen LogP contribution in [0.15, 0.2) is 0 Å². The van der Waals surface area contributed by atoms with Crippen molar-refractivity contribution in [2.24, 2.45) is 0 Å². The van der Waals surface area contributed by atoms with Crippen LogP contribution in [0.2, 0.25) is 0 Å². The summed E-state index contributed by atoms with van der Waals surface area (Å²) in [5, 5.41) is 6.08. The predicted octanol–water partition coefficient (Wildman–Crippen LogP) is 2.63. The Bertz CT molecular complexity index is 264. The number of amides is 1. The maximum absolute atomic E-state index is 11.5. The van der Waals surface area contributed by atoms with Gasteiger partial charge in [0, 0.05) is 30.9 Å². The zero-order valence-electron chi connectivity index (χ0n) is 12.7. The molecule has 0 rings (SSSR count). The molecule has 0 spiro atoms. The number of hydrogen-bond acceptors (Lipinski definition) is 5. The normalized spacial score (nSPS) is 10.5. The first-order valence-corrected chi connectivity index (χ1v) is 9.80. The van der Waals surface area contributed by atoms with Crippen LogP contribution in [0, 0.1) is 0 Å². The summed E-state index contributed by atoms with van der Waals surface area (Å²) >= 11 is 0. The van der Waals surface area contributed by atoms with E-state index in [0.29, 0.717) is 12.8 Å². The highest BCUT2D eigenvalue weighted by molar-refractivity contribution is 8.76. The molecule has 0 aromatic heterocycles. The summed E-state index contributed by atoms with van der Waals surface area (Å²) < 4.78 is 0. The highest BCUT2D eigenvalue weighted by Crippen LogP contribution is 2.22. The van der Waals surface area contributed by atoms with Crippen LogP contribution < -0.4 is 10.6 Å². The van der Waals surface area contributed by atoms with Crippen molar-refractivity contribution < 1.29 is 9.59 Å². The molecule has 0 aliphatic rings. The van der Waals surface area contributed by atoms with Gasteiger partial charge in [-0.1, -0.05) is 34.4 Å². The fourth-order valence-corrected chi connectivity index (χ4v) is 3.62. The summed E-state index contributed by atoms with van der Waals surface area (Å²) in [6, 6.07) is 0. The van der Waals surface area contributed by atoms with E-state index in [-0.39, 0.29) is 11.7 Å². The number of unbranched alkanes of at least 4 members (excludes halogenated alkanes) is 3. The summed E-state index contributed by atoms with van der Waals surface area (Å²) in [5.41, 5.74) is 0. The lowest BCUT2D eigenvalue weighted by Gasteiger charge is -2.05. The zero-order valence-corrected chi connectivity index (χ0v) is 14.3. The molecule has 0 aromatic carbocycles. The standard InChI is InChI=1S/C14H28N2O2S2/c1-13(17)7-11-19-20-12-8-14(18)16-10-6-4-3-5-9-15-2/h15H,3-12H2,1-2H3,(H,16,18). The molecule has 4 nitrogen and oxygen atoms in total. The van der Waals surface area contributed by atoms with Crippen LogP contribution in [-0.4, -0.2) is 43.3 Å². The molecule has 0 atom stereocenters. The summed E-state index contributed by atoms with van der Waals surface area (Å²) in [6.07, 6.45) is 5.86. The van der Waals surface area contributed by atoms with Crippen LogP contribution in [-0.2, 0) is 9.59 Å². The van der Waals surface area contributed by atoms with E-state index >= 15 is 0 Å². The molecule has 20 heavy (non-hydrogen) atoms. The molecular formula is C14H28N2O2S2. The van der Waals surface area contributed by atoms with Gasteiger partial charge in [-0.15, -0.1) is 0 Å². The van der Waals surface area contributed by atoms with Crippen LogP contribution in [0.3, 0.4) is 0 Å². The summed E-state index contributed by atoms with van der Waals surface area (Å²) in [4.78, 5) is 22.2. The fraction of sp³-hybridized carbons (Fsp3) is 0.857. The van der Waals surface area contributed by atoms with Gasteiger partial charge < -0.3 is 10.6 Å². The van der Waals surface area contributed by atoms with Gasteiger partial charge in [0.1, 0.15) is 5.78 Å². The first kappa shape index (κ1) is 19.8. The van der Waals surface area contributed by atoms with Gasteiger partial charge in [-0.3, -0.25) is 9.59 Å². The smallest absolute Gasteiger partial charge is 0.220 e. The summed E-state index contributed by atoms with van der Waals surface area (Å²) in [6.45, 7) is 3.48. The van der Waals surface area contributed by atoms with Crippen molar-refractivity contribution in [3.05, 3.63) is 0 Å². The molecule has 0 fully saturated rings. The van der Waals surface area contributed by atoms with Crippen LogP contribution in [0.25, 0.3) is 0 Å². The van der Waals surface area contributed by atoms with Gasteiger partial charge in [0.15, 0.2) is 0 Å². The van der Waals surface area contributed by atoms with Gasteiger partial charge in [-0.05, 0) is 33.4 Å². The topological polar surface area (TPSA) is 58.2 Å². The Morgan fingerprint density at radius 2 is 1.50 bits per heavy atom. The lowest BCUT2D eigenvalue weighted by molar-refractivity contribution is -0.120. The monoisotopic (exact) mass is 320 g/mol. The lowest BCUT2D eigenvalue weighted by atomic mass is 10.2. The minimum atomic E-state index is 0.139. The molecule has 0 aliphatic heterocycles. The van der Waals surface area contributed by atoms with Gasteiger partial charge in [-0.2, -0.15) is 0 Å². The molecule has 0 aromatic rings. The van der Waals surface area contributed by atoms with E-state index in [1.807, 2.05) is 7.05 Å². The molecule has 0 radical (unpaired) electrons. The van der Waals surface area contributed by atoms with Crippen molar-refractivity contribution in [3.63, 3.8) is 0 Å². The minimum Gasteiger partial charge on any atom is -0.356 e. The second kappa shape index (κ2) is 15.2. The first-order valence-electron chi connectivity index (χ1n) is 7.32. The van der Waals surface area contributed by atoms with Crippen LogP contribution in [0.4, 0.5) is 0 Å². The second-order valence-electron chi connectivity index (χ2n) is 4.71. The van der Waals surface area contributed by atoms with Crippen molar-refractivity contribution in [3.8, 4) is 0 Å². The van der Waals surface area contributed by atoms with Crippen molar-refractivity contribution in [1.29, 1.82) is 0 Å². The highest BCUT2D eigenvalue weighted by atomic mass is 33.1. The lowest BCUT2D eigenvalue weighted by Crippen LogP contribution is -2.24. The molecule has 6 heteroatoms. The van der Waals surface area contributed by atoms with Gasteiger partial charge in [-0.25, -0.2) is 0 Å². The van der Waals surface area contributed by atoms with E-state index in [4.69, 9.17) is 0 Å². The van der Waals surface area contributed by atoms with Gasteiger partial charge in [0.05, 0.1) is 0 Å². The Morgan fingerprint density at radius 1 is 0.900 bits per heavy atom. The molecule has 1 amide bonds. The van der Waals surface area contributed by atoms with Crippen LogP contribution in [0.5, 0.6) is 0 Å². The minimum absolute atomic E-state index is 0.139. The molecule has 0 aliphatic carbocycles. The van der Waals surface area contributed by atoms with Crippen LogP contribution >= 0.6 is 21.6 Å². The van der Waals surface area contributed by atoms with Crippen molar-refractivity contribution in [2.45, 2.75) is 45.4 Å². The maximum atomic E-state index is 11.5. The van der Waals surface area contributed by atoms with Crippen LogP contribution in [0.1, 0.15) is 45.4 Å².